The molecule has 2 atom stereocenters. The topological polar surface area (TPSA) is 83.7 Å². The highest BCUT2D eigenvalue weighted by atomic mass is 35.5. The average molecular weight is 428 g/mol. The number of nitrogens with zero attached hydrogens (tertiary/aromatic N) is 2. The molecule has 2 aliphatic heterocycles. The number of amides is 3. The van der Waals surface area contributed by atoms with Crippen LogP contribution in [0.5, 0.6) is 0 Å². The summed E-state index contributed by atoms with van der Waals surface area (Å²) >= 11 is 0. The van der Waals surface area contributed by atoms with Crippen molar-refractivity contribution in [2.75, 3.05) is 19.6 Å². The number of likely N-dealkylation sites (tertiary alicyclic amines) is 1. The first-order chi connectivity index (χ1) is 14.0. The molecule has 2 aromatic carbocycles. The third kappa shape index (κ3) is 3.98. The molecule has 158 valence electrons. The first-order valence-corrected chi connectivity index (χ1v) is 10.0. The van der Waals surface area contributed by atoms with Crippen LogP contribution in [0, 0.1) is 11.8 Å². The van der Waals surface area contributed by atoms with E-state index < -0.39 is 0 Å². The van der Waals surface area contributed by atoms with E-state index in [2.05, 4.69) is 6.92 Å². The fourth-order valence-corrected chi connectivity index (χ4v) is 4.16. The van der Waals surface area contributed by atoms with Gasteiger partial charge in [0.25, 0.3) is 17.7 Å². The van der Waals surface area contributed by atoms with Gasteiger partial charge < -0.3 is 10.6 Å². The SMILES string of the molecule is CC1CCN(C(=O)c2ccc3c(c2)C(=O)N(Cc2ccccc2)C3=O)CC1CN.Cl. The molecule has 30 heavy (non-hydrogen) atoms. The summed E-state index contributed by atoms with van der Waals surface area (Å²) in [6.07, 6.45) is 0.917. The van der Waals surface area contributed by atoms with Crippen molar-refractivity contribution in [2.45, 2.75) is 19.9 Å². The number of nitrogens with two attached hydrogens (primary N) is 1. The third-order valence-corrected chi connectivity index (χ3v) is 6.11. The monoisotopic (exact) mass is 427 g/mol. The van der Waals surface area contributed by atoms with E-state index in [0.29, 0.717) is 42.2 Å². The number of rotatable bonds is 4. The maximum atomic E-state index is 13.0. The smallest absolute Gasteiger partial charge is 0.261 e. The van der Waals surface area contributed by atoms with Crippen LogP contribution in [0.3, 0.4) is 0 Å². The van der Waals surface area contributed by atoms with Crippen molar-refractivity contribution >= 4 is 30.1 Å². The van der Waals surface area contributed by atoms with Gasteiger partial charge >= 0.3 is 0 Å². The Hall–Kier alpha value is -2.70. The van der Waals surface area contributed by atoms with Crippen LogP contribution in [0.15, 0.2) is 48.5 Å². The van der Waals surface area contributed by atoms with Crippen LogP contribution in [0.2, 0.25) is 0 Å². The molecule has 2 aliphatic rings. The third-order valence-electron chi connectivity index (χ3n) is 6.11. The Balaban J connectivity index is 0.00000256. The summed E-state index contributed by atoms with van der Waals surface area (Å²) in [5, 5.41) is 0. The Labute approximate surface area is 182 Å². The van der Waals surface area contributed by atoms with Crippen LogP contribution in [0.4, 0.5) is 0 Å². The van der Waals surface area contributed by atoms with Crippen molar-refractivity contribution < 1.29 is 14.4 Å². The van der Waals surface area contributed by atoms with E-state index in [4.69, 9.17) is 5.73 Å². The molecule has 2 unspecified atom stereocenters. The minimum Gasteiger partial charge on any atom is -0.338 e. The summed E-state index contributed by atoms with van der Waals surface area (Å²) in [7, 11) is 0. The second kappa shape index (κ2) is 8.98. The van der Waals surface area contributed by atoms with E-state index in [1.807, 2.05) is 35.2 Å². The van der Waals surface area contributed by atoms with Crippen molar-refractivity contribution in [1.29, 1.82) is 0 Å². The van der Waals surface area contributed by atoms with Gasteiger partial charge in [-0.25, -0.2) is 0 Å². The van der Waals surface area contributed by atoms with Gasteiger partial charge in [-0.1, -0.05) is 37.3 Å². The van der Waals surface area contributed by atoms with Gasteiger partial charge in [0.05, 0.1) is 17.7 Å². The molecule has 6 nitrogen and oxygen atoms in total. The predicted octanol–water partition coefficient (Wildman–Crippen LogP) is 2.96. The minimum absolute atomic E-state index is 0. The second-order valence-corrected chi connectivity index (χ2v) is 7.96. The summed E-state index contributed by atoms with van der Waals surface area (Å²) in [5.74, 6) is -0.000117. The molecule has 2 N–H and O–H groups in total. The molecule has 7 heteroatoms. The Morgan fingerprint density at radius 2 is 1.77 bits per heavy atom. The average Bonchev–Trinajstić information content (AvgIpc) is 2.98. The predicted molar refractivity (Wildman–Crippen MR) is 117 cm³/mol. The Morgan fingerprint density at radius 1 is 1.07 bits per heavy atom. The molecule has 1 fully saturated rings. The largest absolute Gasteiger partial charge is 0.338 e. The van der Waals surface area contributed by atoms with Crippen LogP contribution < -0.4 is 5.73 Å². The number of benzene rings is 2. The van der Waals surface area contributed by atoms with Crippen molar-refractivity contribution in [3.63, 3.8) is 0 Å². The van der Waals surface area contributed by atoms with Gasteiger partial charge in [0.2, 0.25) is 0 Å². The fourth-order valence-electron chi connectivity index (χ4n) is 4.16. The molecule has 3 amide bonds. The molecule has 0 aromatic heterocycles. The molecule has 1 saturated heterocycles. The van der Waals surface area contributed by atoms with Crippen molar-refractivity contribution in [3.05, 3.63) is 70.8 Å². The van der Waals surface area contributed by atoms with Crippen LogP contribution in [-0.4, -0.2) is 47.2 Å². The molecular formula is C23H26ClN3O3. The molecule has 0 radical (unpaired) electrons. The van der Waals surface area contributed by atoms with Crippen molar-refractivity contribution in [2.24, 2.45) is 17.6 Å². The van der Waals surface area contributed by atoms with E-state index in [1.165, 1.54) is 4.90 Å². The van der Waals surface area contributed by atoms with Gasteiger partial charge in [-0.2, -0.15) is 0 Å². The van der Waals surface area contributed by atoms with Crippen molar-refractivity contribution in [3.8, 4) is 0 Å². The van der Waals surface area contributed by atoms with E-state index in [0.717, 1.165) is 12.0 Å². The van der Waals surface area contributed by atoms with E-state index in [9.17, 15) is 14.4 Å². The van der Waals surface area contributed by atoms with Gasteiger partial charge in [-0.15, -0.1) is 12.4 Å². The molecule has 0 bridgehead atoms. The molecule has 0 spiro atoms. The zero-order valence-corrected chi connectivity index (χ0v) is 17.7. The molecule has 2 aromatic rings. The lowest BCUT2D eigenvalue weighted by Crippen LogP contribution is -2.45. The summed E-state index contributed by atoms with van der Waals surface area (Å²) in [6.45, 7) is 4.25. The molecule has 0 saturated carbocycles. The normalized spacial score (nSPS) is 20.7. The highest BCUT2D eigenvalue weighted by Crippen LogP contribution is 2.28. The lowest BCUT2D eigenvalue weighted by molar-refractivity contribution is 0.0616. The fraction of sp³-hybridized carbons (Fsp3) is 0.348. The van der Waals surface area contributed by atoms with E-state index in [1.54, 1.807) is 18.2 Å². The summed E-state index contributed by atoms with van der Waals surface area (Å²) in [6, 6.07) is 14.2. The van der Waals surface area contributed by atoms with Gasteiger partial charge in [0.1, 0.15) is 0 Å². The highest BCUT2D eigenvalue weighted by molar-refractivity contribution is 6.22. The number of piperidine rings is 1. The lowest BCUT2D eigenvalue weighted by Gasteiger charge is -2.36. The van der Waals surface area contributed by atoms with Crippen LogP contribution in [0.25, 0.3) is 0 Å². The van der Waals surface area contributed by atoms with Crippen LogP contribution >= 0.6 is 12.4 Å². The number of halogens is 1. The molecular weight excluding hydrogens is 402 g/mol. The maximum Gasteiger partial charge on any atom is 0.261 e. The first kappa shape index (κ1) is 22.0. The molecule has 2 heterocycles. The second-order valence-electron chi connectivity index (χ2n) is 7.96. The Bertz CT molecular complexity index is 963. The first-order valence-electron chi connectivity index (χ1n) is 10.0. The van der Waals surface area contributed by atoms with Gasteiger partial charge in [-0.05, 0) is 48.6 Å². The van der Waals surface area contributed by atoms with E-state index in [-0.39, 0.29) is 42.6 Å². The minimum atomic E-state index is -0.351. The molecule has 4 rings (SSSR count). The number of carbonyl (C=O) groups is 3. The standard InChI is InChI=1S/C23H25N3O3.ClH/c1-15-9-10-25(14-18(15)12-24)21(27)17-7-8-19-20(11-17)23(29)26(22(19)28)13-16-5-3-2-4-6-16;/h2-8,11,15,18H,9-10,12-14,24H2,1H3;1H. The van der Waals surface area contributed by atoms with Crippen molar-refractivity contribution in [1.82, 2.24) is 9.80 Å². The zero-order chi connectivity index (χ0) is 20.5. The van der Waals surface area contributed by atoms with Gasteiger partial charge in [0.15, 0.2) is 0 Å². The zero-order valence-electron chi connectivity index (χ0n) is 16.9. The number of fused-ring (bicyclic) bond motifs is 1. The Kier molecular flexibility index (Phi) is 6.58. The maximum absolute atomic E-state index is 13.0. The number of hydrogen-bond donors (Lipinski definition) is 1. The summed E-state index contributed by atoms with van der Waals surface area (Å²) in [4.78, 5) is 41.6. The molecule has 0 aliphatic carbocycles. The van der Waals surface area contributed by atoms with E-state index >= 15 is 0 Å². The Morgan fingerprint density at radius 3 is 2.47 bits per heavy atom. The quantitative estimate of drug-likeness (QED) is 0.760. The lowest BCUT2D eigenvalue weighted by atomic mass is 9.87. The number of hydrogen-bond acceptors (Lipinski definition) is 4. The van der Waals surface area contributed by atoms with Crippen LogP contribution in [-0.2, 0) is 6.54 Å². The van der Waals surface area contributed by atoms with Gasteiger partial charge in [0, 0.05) is 18.7 Å². The number of imide groups is 1. The highest BCUT2D eigenvalue weighted by Gasteiger charge is 2.36. The van der Waals surface area contributed by atoms with Gasteiger partial charge in [-0.3, -0.25) is 19.3 Å². The summed E-state index contributed by atoms with van der Waals surface area (Å²) < 4.78 is 0. The number of carbonyl (C=O) groups excluding carboxylic acids is 3. The summed E-state index contributed by atoms with van der Waals surface area (Å²) in [5.41, 5.74) is 7.84. The van der Waals surface area contributed by atoms with Crippen LogP contribution in [0.1, 0.15) is 50.0 Å².